The highest BCUT2D eigenvalue weighted by Gasteiger charge is 2.25. The van der Waals surface area contributed by atoms with Crippen LogP contribution in [0.15, 0.2) is 70.0 Å². The zero-order valence-corrected chi connectivity index (χ0v) is 23.4. The van der Waals surface area contributed by atoms with Gasteiger partial charge < -0.3 is 15.5 Å². The molecule has 0 radical (unpaired) electrons. The number of halogens is 1. The Labute approximate surface area is 234 Å². The number of aromatic nitrogens is 1. The van der Waals surface area contributed by atoms with Crippen LogP contribution in [-0.2, 0) is 4.79 Å². The molecule has 4 N–H and O–H groups in total. The first-order valence-electron chi connectivity index (χ1n) is 12.0. The average Bonchev–Trinajstić information content (AvgIpc) is 2.91. The summed E-state index contributed by atoms with van der Waals surface area (Å²) in [7, 11) is 0. The van der Waals surface area contributed by atoms with Crippen LogP contribution < -0.4 is 21.2 Å². The van der Waals surface area contributed by atoms with Crippen molar-refractivity contribution in [2.45, 2.75) is 26.8 Å². The predicted molar refractivity (Wildman–Crippen MR) is 158 cm³/mol. The summed E-state index contributed by atoms with van der Waals surface area (Å²) in [4.78, 5) is 43.3. The number of Topliss-reactive ketones (excluding diaryl/α,β-unsaturated/α-hetero) is 1. The van der Waals surface area contributed by atoms with E-state index in [-0.39, 0.29) is 39.0 Å². The summed E-state index contributed by atoms with van der Waals surface area (Å²) in [5, 5.41) is 3.81. The molecule has 0 aliphatic carbocycles. The highest BCUT2D eigenvalue weighted by Crippen LogP contribution is 2.35. The second kappa shape index (κ2) is 11.8. The summed E-state index contributed by atoms with van der Waals surface area (Å²) in [6.45, 7) is 5.11. The summed E-state index contributed by atoms with van der Waals surface area (Å²) >= 11 is 7.22. The summed E-state index contributed by atoms with van der Waals surface area (Å²) in [6.07, 6.45) is 2.87. The van der Waals surface area contributed by atoms with Gasteiger partial charge >= 0.3 is 0 Å². The molecule has 0 saturated carbocycles. The Morgan fingerprint density at radius 1 is 1.15 bits per heavy atom. The van der Waals surface area contributed by atoms with Gasteiger partial charge in [0.2, 0.25) is 5.43 Å². The fourth-order valence-electron chi connectivity index (χ4n) is 4.39. The van der Waals surface area contributed by atoms with Gasteiger partial charge in [0.05, 0.1) is 22.7 Å². The van der Waals surface area contributed by atoms with Crippen molar-refractivity contribution in [2.75, 3.05) is 11.6 Å². The lowest BCUT2D eigenvalue weighted by molar-refractivity contribution is -0.111. The monoisotopic (exact) mass is 562 g/mol. The van der Waals surface area contributed by atoms with E-state index < -0.39 is 11.9 Å². The van der Waals surface area contributed by atoms with Gasteiger partial charge in [-0.3, -0.25) is 19.1 Å². The molecule has 200 valence electrons. The second-order valence-electron chi connectivity index (χ2n) is 8.90. The van der Waals surface area contributed by atoms with Crippen molar-refractivity contribution in [1.82, 2.24) is 9.71 Å². The van der Waals surface area contributed by atoms with Crippen LogP contribution >= 0.6 is 23.5 Å². The van der Waals surface area contributed by atoms with E-state index in [1.807, 2.05) is 38.1 Å². The molecule has 0 spiro atoms. The van der Waals surface area contributed by atoms with Crippen molar-refractivity contribution < 1.29 is 14.0 Å². The lowest BCUT2D eigenvalue weighted by Crippen LogP contribution is -2.20. The molecule has 0 bridgehead atoms. The molecule has 1 amide bonds. The number of benzene rings is 2. The minimum Gasteiger partial charge on any atom is -0.455 e. The topological polar surface area (TPSA) is 127 Å². The van der Waals surface area contributed by atoms with E-state index in [1.54, 1.807) is 36.6 Å². The van der Waals surface area contributed by atoms with Crippen molar-refractivity contribution in [3.8, 4) is 11.3 Å². The first kappa shape index (κ1) is 27.9. The van der Waals surface area contributed by atoms with Crippen LogP contribution in [-0.4, -0.2) is 22.9 Å². The number of amides is 1. The molecule has 0 aliphatic rings. The third-order valence-corrected chi connectivity index (χ3v) is 6.73. The number of ketones is 1. The van der Waals surface area contributed by atoms with Crippen molar-refractivity contribution in [3.63, 3.8) is 0 Å². The Balaban J connectivity index is 1.95. The molecule has 4 rings (SSSR count). The van der Waals surface area contributed by atoms with Crippen LogP contribution in [0.5, 0.6) is 0 Å². The smallest absolute Gasteiger partial charge is 0.281 e. The van der Waals surface area contributed by atoms with Gasteiger partial charge in [-0.05, 0) is 44.5 Å². The van der Waals surface area contributed by atoms with Gasteiger partial charge in [-0.2, -0.15) is 0 Å². The van der Waals surface area contributed by atoms with Gasteiger partial charge in [0.15, 0.2) is 11.5 Å². The van der Waals surface area contributed by atoms with Gasteiger partial charge in [0, 0.05) is 29.2 Å². The van der Waals surface area contributed by atoms with Crippen molar-refractivity contribution in [2.24, 2.45) is 5.73 Å². The number of carbonyl (C=O) groups is 2. The molecule has 1 atom stereocenters. The maximum atomic E-state index is 14.0. The molecule has 39 heavy (non-hydrogen) atoms. The Morgan fingerprint density at radius 2 is 1.87 bits per heavy atom. The Morgan fingerprint density at radius 3 is 2.51 bits per heavy atom. The number of allylic oxidation sites excluding steroid dienone is 1. The van der Waals surface area contributed by atoms with E-state index in [2.05, 4.69) is 15.0 Å². The molecule has 4 aromatic rings. The zero-order chi connectivity index (χ0) is 28.3. The molecule has 0 fully saturated rings. The SMILES string of the molecule is CSNC(=O)c1nc(Cl)ccc1NC(C)c1cc(C)cc2c(=O)c(/C(=C/N)C(C)=O)c(-c3ccccc3)oc12. The van der Waals surface area contributed by atoms with E-state index >= 15 is 0 Å². The fraction of sp³-hybridized carbons (Fsp3) is 0.172. The maximum Gasteiger partial charge on any atom is 0.281 e. The standard InChI is InChI=1S/C29H27ClN4O4S/c1-15-12-19(16(2)32-22-10-11-23(30)33-25(22)29(37)34-39-4)28-20(13-15)26(36)24(21(14-31)17(3)35)27(38-28)18-8-6-5-7-9-18/h5-14,16,32H,31H2,1-4H3,(H,34,37)/b21-14+. The normalized spacial score (nSPS) is 12.3. The molecule has 2 aromatic heterocycles. The van der Waals surface area contributed by atoms with Crippen LogP contribution in [0.4, 0.5) is 5.69 Å². The highest BCUT2D eigenvalue weighted by atomic mass is 35.5. The summed E-state index contributed by atoms with van der Waals surface area (Å²) < 4.78 is 9.12. The number of nitrogens with two attached hydrogens (primary N) is 1. The van der Waals surface area contributed by atoms with E-state index in [1.165, 1.54) is 6.92 Å². The first-order valence-corrected chi connectivity index (χ1v) is 13.6. The largest absolute Gasteiger partial charge is 0.455 e. The minimum atomic E-state index is -0.425. The predicted octanol–water partition coefficient (Wildman–Crippen LogP) is 5.89. The minimum absolute atomic E-state index is 0.0791. The second-order valence-corrected chi connectivity index (χ2v) is 9.90. The van der Waals surface area contributed by atoms with Crippen LogP contribution in [0.3, 0.4) is 0 Å². The Kier molecular flexibility index (Phi) is 8.42. The van der Waals surface area contributed by atoms with E-state index in [0.29, 0.717) is 27.8 Å². The fourth-order valence-corrected chi connectivity index (χ4v) is 4.82. The number of fused-ring (bicyclic) bond motifs is 1. The average molecular weight is 563 g/mol. The van der Waals surface area contributed by atoms with Gasteiger partial charge in [-0.1, -0.05) is 59.9 Å². The van der Waals surface area contributed by atoms with Gasteiger partial charge in [0.1, 0.15) is 16.5 Å². The summed E-state index contributed by atoms with van der Waals surface area (Å²) in [5.74, 6) is -0.511. The highest BCUT2D eigenvalue weighted by molar-refractivity contribution is 7.97. The van der Waals surface area contributed by atoms with Gasteiger partial charge in [0.25, 0.3) is 5.91 Å². The number of carbonyl (C=O) groups excluding carboxylic acids is 2. The molecule has 2 heterocycles. The number of nitrogens with one attached hydrogen (secondary N) is 2. The van der Waals surface area contributed by atoms with Crippen molar-refractivity contribution in [3.05, 3.63) is 98.6 Å². The van der Waals surface area contributed by atoms with Crippen LogP contribution in [0.1, 0.15) is 47.1 Å². The number of rotatable bonds is 8. The van der Waals surface area contributed by atoms with Crippen LogP contribution in [0, 0.1) is 6.92 Å². The molecule has 10 heteroatoms. The number of pyridine rings is 1. The number of hydrogen-bond acceptors (Lipinski definition) is 8. The zero-order valence-electron chi connectivity index (χ0n) is 21.8. The van der Waals surface area contributed by atoms with E-state index in [0.717, 1.165) is 23.7 Å². The molecular weight excluding hydrogens is 536 g/mol. The molecule has 1 unspecified atom stereocenters. The molecule has 8 nitrogen and oxygen atoms in total. The molecule has 2 aromatic carbocycles. The van der Waals surface area contributed by atoms with Gasteiger partial charge in [-0.15, -0.1) is 0 Å². The van der Waals surface area contributed by atoms with E-state index in [4.69, 9.17) is 21.8 Å². The summed E-state index contributed by atoms with van der Waals surface area (Å²) in [5.41, 5.74) is 8.69. The molecule has 0 saturated heterocycles. The molecular formula is C29H27ClN4O4S. The van der Waals surface area contributed by atoms with Crippen LogP contribution in [0.2, 0.25) is 5.15 Å². The maximum absolute atomic E-state index is 14.0. The Bertz CT molecular complexity index is 1670. The lowest BCUT2D eigenvalue weighted by atomic mass is 9.94. The number of anilines is 1. The van der Waals surface area contributed by atoms with Crippen molar-refractivity contribution in [1.29, 1.82) is 0 Å². The van der Waals surface area contributed by atoms with Crippen molar-refractivity contribution >= 4 is 57.5 Å². The third kappa shape index (κ3) is 5.69. The van der Waals surface area contributed by atoms with Crippen LogP contribution in [0.25, 0.3) is 27.9 Å². The molecule has 0 aliphatic heterocycles. The lowest BCUT2D eigenvalue weighted by Gasteiger charge is -2.20. The quantitative estimate of drug-likeness (QED) is 0.138. The first-order chi connectivity index (χ1) is 18.7. The number of hydrogen-bond donors (Lipinski definition) is 3. The summed E-state index contributed by atoms with van der Waals surface area (Å²) in [6, 6.07) is 15.6. The number of nitrogens with zero attached hydrogens (tertiary/aromatic N) is 1. The Hall–Kier alpha value is -4.08. The number of aryl methyl sites for hydroxylation is 1. The third-order valence-electron chi connectivity index (χ3n) is 6.13. The van der Waals surface area contributed by atoms with Gasteiger partial charge in [-0.25, -0.2) is 4.98 Å². The van der Waals surface area contributed by atoms with E-state index in [9.17, 15) is 14.4 Å².